The van der Waals surface area contributed by atoms with Crippen molar-refractivity contribution in [2.75, 3.05) is 36.9 Å². The van der Waals surface area contributed by atoms with Gasteiger partial charge in [-0.3, -0.25) is 19.4 Å². The van der Waals surface area contributed by atoms with E-state index in [-0.39, 0.29) is 17.1 Å². The van der Waals surface area contributed by atoms with E-state index in [9.17, 15) is 9.59 Å². The van der Waals surface area contributed by atoms with E-state index >= 15 is 0 Å². The van der Waals surface area contributed by atoms with Gasteiger partial charge in [0, 0.05) is 38.0 Å². The maximum Gasteiger partial charge on any atom is 0.264 e. The number of primary amides is 1. The zero-order chi connectivity index (χ0) is 21.6. The smallest absolute Gasteiger partial charge is 0.264 e. The molecule has 30 heavy (non-hydrogen) atoms. The van der Waals surface area contributed by atoms with Crippen LogP contribution in [0.25, 0.3) is 22.2 Å². The van der Waals surface area contributed by atoms with Crippen molar-refractivity contribution in [2.24, 2.45) is 18.7 Å². The number of hydrogen-bond acceptors (Lipinski definition) is 7. The Labute approximate surface area is 172 Å². The van der Waals surface area contributed by atoms with Gasteiger partial charge in [0.25, 0.3) is 5.56 Å². The van der Waals surface area contributed by atoms with Crippen LogP contribution in [-0.2, 0) is 16.6 Å². The van der Waals surface area contributed by atoms with Crippen LogP contribution in [0.15, 0.2) is 17.1 Å². The van der Waals surface area contributed by atoms with Crippen molar-refractivity contribution in [3.05, 3.63) is 22.6 Å². The summed E-state index contributed by atoms with van der Waals surface area (Å²) in [4.78, 5) is 27.5. The summed E-state index contributed by atoms with van der Waals surface area (Å²) in [7, 11) is 1.86. The number of carbonyl (C=O) groups is 1. The van der Waals surface area contributed by atoms with Gasteiger partial charge in [0.1, 0.15) is 17.2 Å². The molecule has 11 heteroatoms. The average Bonchev–Trinajstić information content (AvgIpc) is 3.27. The molecule has 0 aromatic carbocycles. The molecule has 0 spiro atoms. The number of aromatic amines is 1. The number of fused-ring (bicyclic) bond motifs is 1. The van der Waals surface area contributed by atoms with Crippen LogP contribution in [0.3, 0.4) is 0 Å². The quantitative estimate of drug-likeness (QED) is 0.540. The SMILES string of the molecule is CC(C)C(C(N)=O)n1cc(-c2cc(N3CCOCC3)n(C)n2)c2[nH]nc(N)c2c1=O. The molecule has 3 aromatic heterocycles. The Morgan fingerprint density at radius 3 is 2.63 bits per heavy atom. The summed E-state index contributed by atoms with van der Waals surface area (Å²) in [5.74, 6) is 0.227. The predicted octanol–water partition coefficient (Wildman–Crippen LogP) is 0.226. The predicted molar refractivity (Wildman–Crippen MR) is 113 cm³/mol. The Morgan fingerprint density at radius 2 is 2.00 bits per heavy atom. The molecule has 4 rings (SSSR count). The van der Waals surface area contributed by atoms with Gasteiger partial charge in [-0.15, -0.1) is 0 Å². The second-order valence-corrected chi connectivity index (χ2v) is 7.82. The molecule has 1 saturated heterocycles. The maximum absolute atomic E-state index is 13.1. The van der Waals surface area contributed by atoms with Crippen molar-refractivity contribution < 1.29 is 9.53 Å². The van der Waals surface area contributed by atoms with Gasteiger partial charge in [-0.2, -0.15) is 10.2 Å². The third kappa shape index (κ3) is 3.20. The maximum atomic E-state index is 13.1. The fourth-order valence-corrected chi connectivity index (χ4v) is 4.02. The van der Waals surface area contributed by atoms with Gasteiger partial charge in [0.15, 0.2) is 5.82 Å². The topological polar surface area (TPSA) is 150 Å². The third-order valence-electron chi connectivity index (χ3n) is 5.47. The molecule has 0 bridgehead atoms. The van der Waals surface area contributed by atoms with Gasteiger partial charge in [-0.25, -0.2) is 0 Å². The number of ether oxygens (including phenoxy) is 1. The number of H-pyrrole nitrogens is 1. The summed E-state index contributed by atoms with van der Waals surface area (Å²) >= 11 is 0. The average molecular weight is 414 g/mol. The van der Waals surface area contributed by atoms with Crippen LogP contribution in [0.1, 0.15) is 19.9 Å². The van der Waals surface area contributed by atoms with Gasteiger partial charge >= 0.3 is 0 Å². The zero-order valence-electron chi connectivity index (χ0n) is 17.3. The van der Waals surface area contributed by atoms with Crippen LogP contribution >= 0.6 is 0 Å². The molecule has 1 unspecified atom stereocenters. The Hall–Kier alpha value is -3.34. The molecular formula is C19H26N8O3. The van der Waals surface area contributed by atoms with Gasteiger partial charge < -0.3 is 25.7 Å². The van der Waals surface area contributed by atoms with Crippen LogP contribution in [-0.4, -0.2) is 56.8 Å². The van der Waals surface area contributed by atoms with E-state index in [1.807, 2.05) is 27.0 Å². The highest BCUT2D eigenvalue weighted by Gasteiger charge is 2.27. The number of nitrogens with one attached hydrogen (secondary N) is 1. The first kappa shape index (κ1) is 20.0. The number of aromatic nitrogens is 5. The minimum atomic E-state index is -0.822. The number of amides is 1. The monoisotopic (exact) mass is 414 g/mol. The highest BCUT2D eigenvalue weighted by molar-refractivity contribution is 5.98. The van der Waals surface area contributed by atoms with Crippen LogP contribution in [0.5, 0.6) is 0 Å². The van der Waals surface area contributed by atoms with Gasteiger partial charge in [-0.05, 0) is 5.92 Å². The lowest BCUT2D eigenvalue weighted by Crippen LogP contribution is -2.37. The van der Waals surface area contributed by atoms with Crippen molar-refractivity contribution in [3.63, 3.8) is 0 Å². The van der Waals surface area contributed by atoms with Crippen LogP contribution in [0.4, 0.5) is 11.6 Å². The van der Waals surface area contributed by atoms with E-state index in [0.29, 0.717) is 30.0 Å². The molecule has 1 aliphatic rings. The molecule has 11 nitrogen and oxygen atoms in total. The first-order valence-electron chi connectivity index (χ1n) is 9.84. The number of anilines is 2. The van der Waals surface area contributed by atoms with E-state index in [2.05, 4.69) is 20.2 Å². The lowest BCUT2D eigenvalue weighted by molar-refractivity contribution is -0.122. The van der Waals surface area contributed by atoms with Crippen molar-refractivity contribution in [1.82, 2.24) is 24.5 Å². The lowest BCUT2D eigenvalue weighted by Gasteiger charge is -2.28. The van der Waals surface area contributed by atoms with E-state index in [1.54, 1.807) is 10.9 Å². The van der Waals surface area contributed by atoms with Gasteiger partial charge in [0.05, 0.1) is 24.4 Å². The largest absolute Gasteiger partial charge is 0.382 e. The number of morpholine rings is 1. The number of pyridine rings is 1. The highest BCUT2D eigenvalue weighted by Crippen LogP contribution is 2.31. The normalized spacial score (nSPS) is 15.8. The van der Waals surface area contributed by atoms with Crippen LogP contribution in [0.2, 0.25) is 0 Å². The summed E-state index contributed by atoms with van der Waals surface area (Å²) in [6.45, 7) is 6.51. The van der Waals surface area contributed by atoms with Crippen LogP contribution in [0, 0.1) is 5.92 Å². The van der Waals surface area contributed by atoms with Crippen molar-refractivity contribution in [3.8, 4) is 11.3 Å². The summed E-state index contributed by atoms with van der Waals surface area (Å²) in [5, 5.41) is 11.7. The van der Waals surface area contributed by atoms with E-state index in [0.717, 1.165) is 18.9 Å². The molecule has 0 saturated carbocycles. The van der Waals surface area contributed by atoms with E-state index in [4.69, 9.17) is 16.2 Å². The number of carbonyl (C=O) groups excluding carboxylic acids is 1. The van der Waals surface area contributed by atoms with Gasteiger partial charge in [-0.1, -0.05) is 13.8 Å². The van der Waals surface area contributed by atoms with Crippen molar-refractivity contribution in [2.45, 2.75) is 19.9 Å². The summed E-state index contributed by atoms with van der Waals surface area (Å²) in [6.07, 6.45) is 1.61. The number of aryl methyl sites for hydroxylation is 1. The van der Waals surface area contributed by atoms with E-state index < -0.39 is 17.5 Å². The number of nitrogen functional groups attached to an aromatic ring is 1. The number of hydrogen-bond donors (Lipinski definition) is 3. The Bertz CT molecular complexity index is 1150. The molecule has 3 aromatic rings. The molecular weight excluding hydrogens is 388 g/mol. The second-order valence-electron chi connectivity index (χ2n) is 7.82. The molecule has 5 N–H and O–H groups in total. The third-order valence-corrected chi connectivity index (χ3v) is 5.47. The summed E-state index contributed by atoms with van der Waals surface area (Å²) in [5.41, 5.74) is 12.9. The molecule has 1 atom stereocenters. The van der Waals surface area contributed by atoms with Crippen LogP contribution < -0.4 is 21.9 Å². The minimum absolute atomic E-state index is 0.0712. The standard InChI is InChI=1S/C19H26N8O3/c1-10(2)16(18(21)28)27-9-11(15-14(19(27)29)17(20)23-22-15)12-8-13(25(3)24-12)26-4-6-30-7-5-26/h8-10,16H,4-7H2,1-3H3,(H2,21,28)(H3,20,22,23). The Balaban J connectivity index is 1.92. The minimum Gasteiger partial charge on any atom is -0.382 e. The molecule has 160 valence electrons. The fraction of sp³-hybridized carbons (Fsp3) is 0.474. The summed E-state index contributed by atoms with van der Waals surface area (Å²) < 4.78 is 8.57. The van der Waals surface area contributed by atoms with Gasteiger partial charge in [0.2, 0.25) is 5.91 Å². The fourth-order valence-electron chi connectivity index (χ4n) is 4.02. The highest BCUT2D eigenvalue weighted by atomic mass is 16.5. The molecule has 1 fully saturated rings. The summed E-state index contributed by atoms with van der Waals surface area (Å²) in [6, 6.07) is 1.12. The lowest BCUT2D eigenvalue weighted by atomic mass is 10.0. The molecule has 1 aliphatic heterocycles. The Morgan fingerprint density at radius 1 is 1.30 bits per heavy atom. The first-order valence-corrected chi connectivity index (χ1v) is 9.84. The van der Waals surface area contributed by atoms with Crippen molar-refractivity contribution >= 4 is 28.4 Å². The molecule has 0 radical (unpaired) electrons. The molecule has 1 amide bonds. The van der Waals surface area contributed by atoms with Crippen molar-refractivity contribution in [1.29, 1.82) is 0 Å². The molecule has 0 aliphatic carbocycles. The second kappa shape index (κ2) is 7.48. The molecule has 4 heterocycles. The number of nitrogens with two attached hydrogens (primary N) is 2. The number of nitrogens with zero attached hydrogens (tertiary/aromatic N) is 5. The number of rotatable bonds is 5. The van der Waals surface area contributed by atoms with E-state index in [1.165, 1.54) is 4.57 Å². The Kier molecular flexibility index (Phi) is 4.98. The first-order chi connectivity index (χ1) is 14.3. The zero-order valence-corrected chi connectivity index (χ0v) is 17.3.